The van der Waals surface area contributed by atoms with E-state index in [2.05, 4.69) is 0 Å². The number of ketones is 1. The van der Waals surface area contributed by atoms with Crippen molar-refractivity contribution in [2.75, 3.05) is 18.5 Å². The minimum Gasteiger partial charge on any atom is -0.464 e. The fourth-order valence-electron chi connectivity index (χ4n) is 2.34. The maximum Gasteiger partial charge on any atom is 0.185 e. The molecule has 0 fully saturated rings. The van der Waals surface area contributed by atoms with E-state index in [1.807, 2.05) is 24.3 Å². The maximum absolute atomic E-state index is 13.7. The molecule has 0 unspecified atom stereocenters. The number of benzene rings is 2. The monoisotopic (exact) mass is 283 g/mol. The van der Waals surface area contributed by atoms with Crippen LogP contribution >= 0.6 is 0 Å². The molecular formula is C17H14FNO2. The summed E-state index contributed by atoms with van der Waals surface area (Å²) >= 11 is 0. The lowest BCUT2D eigenvalue weighted by atomic mass is 10.1. The summed E-state index contributed by atoms with van der Waals surface area (Å²) in [6, 6.07) is 13.8. The van der Waals surface area contributed by atoms with Crippen molar-refractivity contribution < 1.29 is 13.6 Å². The zero-order valence-electron chi connectivity index (χ0n) is 11.5. The molecule has 1 heterocycles. The average molecular weight is 283 g/mol. The molecule has 21 heavy (non-hydrogen) atoms. The average Bonchev–Trinajstić information content (AvgIpc) is 2.91. The number of furan rings is 1. The third-order valence-electron chi connectivity index (χ3n) is 3.43. The largest absolute Gasteiger partial charge is 0.464 e. The highest BCUT2D eigenvalue weighted by molar-refractivity contribution is 6.08. The Bertz CT molecular complexity index is 794. The molecule has 106 valence electrons. The van der Waals surface area contributed by atoms with Crippen LogP contribution in [0.4, 0.5) is 10.1 Å². The Balaban J connectivity index is 1.85. The molecule has 3 nitrogen and oxygen atoms in total. The molecular weight excluding hydrogens is 269 g/mol. The van der Waals surface area contributed by atoms with Gasteiger partial charge in [-0.1, -0.05) is 30.3 Å². The summed E-state index contributed by atoms with van der Waals surface area (Å²) in [5.74, 6) is -0.449. The molecule has 0 N–H and O–H groups in total. The van der Waals surface area contributed by atoms with E-state index in [1.165, 1.54) is 12.3 Å². The summed E-state index contributed by atoms with van der Waals surface area (Å²) in [7, 11) is 1.69. The van der Waals surface area contributed by atoms with Crippen LogP contribution < -0.4 is 4.90 Å². The molecule has 0 saturated carbocycles. The highest BCUT2D eigenvalue weighted by Gasteiger charge is 2.16. The Labute approximate surface area is 121 Å². The van der Waals surface area contributed by atoms with Gasteiger partial charge in [-0.15, -0.1) is 0 Å². The van der Waals surface area contributed by atoms with Crippen LogP contribution in [0.3, 0.4) is 0 Å². The number of hydrogen-bond donors (Lipinski definition) is 0. The highest BCUT2D eigenvalue weighted by Crippen LogP contribution is 2.22. The Morgan fingerprint density at radius 3 is 2.67 bits per heavy atom. The zero-order valence-corrected chi connectivity index (χ0v) is 11.5. The van der Waals surface area contributed by atoms with Gasteiger partial charge in [0.25, 0.3) is 0 Å². The van der Waals surface area contributed by atoms with Crippen LogP contribution in [0.5, 0.6) is 0 Å². The van der Waals surface area contributed by atoms with E-state index in [0.29, 0.717) is 16.8 Å². The molecule has 3 rings (SSSR count). The normalized spacial score (nSPS) is 10.8. The van der Waals surface area contributed by atoms with Crippen LogP contribution in [0.2, 0.25) is 0 Å². The first-order valence-electron chi connectivity index (χ1n) is 6.62. The van der Waals surface area contributed by atoms with E-state index < -0.39 is 0 Å². The Morgan fingerprint density at radius 1 is 1.14 bits per heavy atom. The lowest BCUT2D eigenvalue weighted by Crippen LogP contribution is -2.26. The van der Waals surface area contributed by atoms with Gasteiger partial charge >= 0.3 is 0 Å². The molecule has 4 heteroatoms. The molecule has 3 aromatic rings. The predicted octanol–water partition coefficient (Wildman–Crippen LogP) is 3.89. The SMILES string of the molecule is CN(CC(=O)c1coc2ccccc12)c1ccccc1F. The lowest BCUT2D eigenvalue weighted by molar-refractivity contribution is 0.100. The van der Waals surface area contributed by atoms with Crippen molar-refractivity contribution in [3.05, 3.63) is 66.2 Å². The van der Waals surface area contributed by atoms with E-state index in [-0.39, 0.29) is 18.1 Å². The molecule has 0 amide bonds. The molecule has 0 atom stereocenters. The Hall–Kier alpha value is -2.62. The summed E-state index contributed by atoms with van der Waals surface area (Å²) < 4.78 is 19.1. The number of para-hydroxylation sites is 2. The number of fused-ring (bicyclic) bond motifs is 1. The molecule has 0 radical (unpaired) electrons. The second-order valence-corrected chi connectivity index (χ2v) is 4.88. The molecule has 0 saturated heterocycles. The van der Waals surface area contributed by atoms with E-state index in [1.54, 1.807) is 30.1 Å². The van der Waals surface area contributed by atoms with E-state index in [4.69, 9.17) is 4.42 Å². The first kappa shape index (κ1) is 13.4. The van der Waals surface area contributed by atoms with Crippen LogP contribution in [0.25, 0.3) is 11.0 Å². The summed E-state index contributed by atoms with van der Waals surface area (Å²) in [5.41, 5.74) is 1.60. The van der Waals surface area contributed by atoms with Gasteiger partial charge in [0.15, 0.2) is 5.78 Å². The number of carbonyl (C=O) groups excluding carboxylic acids is 1. The van der Waals surface area contributed by atoms with Gasteiger partial charge in [0, 0.05) is 12.4 Å². The van der Waals surface area contributed by atoms with Crippen LogP contribution in [-0.2, 0) is 0 Å². The standard InChI is InChI=1S/C17H14FNO2/c1-19(15-8-4-3-7-14(15)18)10-16(20)13-11-21-17-9-5-2-6-12(13)17/h2-9,11H,10H2,1H3. The van der Waals surface area contributed by atoms with Crippen LogP contribution in [-0.4, -0.2) is 19.4 Å². The van der Waals surface area contributed by atoms with Crippen molar-refractivity contribution >= 4 is 22.4 Å². The van der Waals surface area contributed by atoms with Crippen LogP contribution in [0.1, 0.15) is 10.4 Å². The van der Waals surface area contributed by atoms with Gasteiger partial charge in [-0.2, -0.15) is 0 Å². The quantitative estimate of drug-likeness (QED) is 0.681. The zero-order chi connectivity index (χ0) is 14.8. The number of halogens is 1. The van der Waals surface area contributed by atoms with Gasteiger partial charge in [-0.25, -0.2) is 4.39 Å². The number of carbonyl (C=O) groups is 1. The smallest absolute Gasteiger partial charge is 0.185 e. The molecule has 0 aliphatic heterocycles. The lowest BCUT2D eigenvalue weighted by Gasteiger charge is -2.18. The molecule has 2 aromatic carbocycles. The van der Waals surface area contributed by atoms with Gasteiger partial charge in [0.05, 0.1) is 17.8 Å². The fourth-order valence-corrected chi connectivity index (χ4v) is 2.34. The van der Waals surface area contributed by atoms with E-state index in [0.717, 1.165) is 5.39 Å². The molecule has 0 bridgehead atoms. The van der Waals surface area contributed by atoms with Crippen molar-refractivity contribution in [2.45, 2.75) is 0 Å². The minimum atomic E-state index is -0.343. The molecule has 0 spiro atoms. The van der Waals surface area contributed by atoms with E-state index in [9.17, 15) is 9.18 Å². The fraction of sp³-hybridized carbons (Fsp3) is 0.118. The third kappa shape index (κ3) is 2.52. The summed E-state index contributed by atoms with van der Waals surface area (Å²) in [5, 5.41) is 0.782. The summed E-state index contributed by atoms with van der Waals surface area (Å²) in [6.45, 7) is 0.0878. The molecule has 0 aliphatic carbocycles. The topological polar surface area (TPSA) is 33.5 Å². The number of rotatable bonds is 4. The minimum absolute atomic E-state index is 0.0878. The number of likely N-dealkylation sites (N-methyl/N-ethyl adjacent to an activating group) is 1. The summed E-state index contributed by atoms with van der Waals surface area (Å²) in [4.78, 5) is 14.0. The second kappa shape index (κ2) is 5.40. The summed E-state index contributed by atoms with van der Waals surface area (Å²) in [6.07, 6.45) is 1.46. The van der Waals surface area contributed by atoms with Crippen molar-refractivity contribution in [2.24, 2.45) is 0 Å². The maximum atomic E-state index is 13.7. The molecule has 1 aromatic heterocycles. The first-order chi connectivity index (χ1) is 10.2. The van der Waals surface area contributed by atoms with Gasteiger partial charge < -0.3 is 9.32 Å². The van der Waals surface area contributed by atoms with Crippen molar-refractivity contribution in [1.29, 1.82) is 0 Å². The van der Waals surface area contributed by atoms with E-state index >= 15 is 0 Å². The Kier molecular flexibility index (Phi) is 3.44. The van der Waals surface area contributed by atoms with Crippen LogP contribution in [0.15, 0.2) is 59.2 Å². The third-order valence-corrected chi connectivity index (χ3v) is 3.43. The predicted molar refractivity (Wildman–Crippen MR) is 80.2 cm³/mol. The number of hydrogen-bond acceptors (Lipinski definition) is 3. The van der Waals surface area contributed by atoms with Gasteiger partial charge in [0.2, 0.25) is 0 Å². The Morgan fingerprint density at radius 2 is 1.86 bits per heavy atom. The second-order valence-electron chi connectivity index (χ2n) is 4.88. The number of nitrogens with zero attached hydrogens (tertiary/aromatic N) is 1. The first-order valence-corrected chi connectivity index (χ1v) is 6.62. The highest BCUT2D eigenvalue weighted by atomic mass is 19.1. The number of Topliss-reactive ketones (excluding diaryl/α,β-unsaturated/α-hetero) is 1. The molecule has 0 aliphatic rings. The van der Waals surface area contributed by atoms with Gasteiger partial charge in [-0.3, -0.25) is 4.79 Å². The van der Waals surface area contributed by atoms with Crippen LogP contribution in [0, 0.1) is 5.82 Å². The van der Waals surface area contributed by atoms with Gasteiger partial charge in [0.1, 0.15) is 17.7 Å². The van der Waals surface area contributed by atoms with Crippen molar-refractivity contribution in [1.82, 2.24) is 0 Å². The van der Waals surface area contributed by atoms with Crippen molar-refractivity contribution in [3.8, 4) is 0 Å². The van der Waals surface area contributed by atoms with Crippen molar-refractivity contribution in [3.63, 3.8) is 0 Å². The van der Waals surface area contributed by atoms with Gasteiger partial charge in [-0.05, 0) is 18.2 Å². The number of anilines is 1.